The molecule has 1 aliphatic heterocycles. The fraction of sp³-hybridized carbons (Fsp3) is 0.923. The molecule has 0 aromatic heterocycles. The first-order chi connectivity index (χ1) is 7.15. The quantitative estimate of drug-likeness (QED) is 0.700. The Kier molecular flexibility index (Phi) is 5.13. The van der Waals surface area contributed by atoms with Gasteiger partial charge in [0, 0.05) is 20.0 Å². The predicted octanol–water partition coefficient (Wildman–Crippen LogP) is 3.07. The molecule has 88 valence electrons. The number of carbonyl (C=O) groups excluding carboxylic acids is 1. The zero-order valence-electron chi connectivity index (χ0n) is 10.5. The van der Waals surface area contributed by atoms with Gasteiger partial charge in [-0.2, -0.15) is 0 Å². The molecule has 1 aliphatic rings. The molecule has 0 radical (unpaired) electrons. The average Bonchev–Trinajstić information content (AvgIpc) is 2.26. The molecule has 0 aromatic rings. The summed E-state index contributed by atoms with van der Waals surface area (Å²) >= 11 is 0. The van der Waals surface area contributed by atoms with Crippen LogP contribution in [-0.4, -0.2) is 23.9 Å². The molecule has 15 heavy (non-hydrogen) atoms. The van der Waals surface area contributed by atoms with E-state index in [0.717, 1.165) is 24.9 Å². The molecule has 0 spiro atoms. The lowest BCUT2D eigenvalue weighted by Crippen LogP contribution is -2.38. The standard InChI is InChI=1S/C13H25NO/c1-4-5-6-11(2)13-7-9-14(10-8-13)12(3)15/h11,13H,4-10H2,1-3H3. The number of rotatable bonds is 4. The van der Waals surface area contributed by atoms with Gasteiger partial charge in [-0.25, -0.2) is 0 Å². The van der Waals surface area contributed by atoms with Gasteiger partial charge in [-0.15, -0.1) is 0 Å². The highest BCUT2D eigenvalue weighted by atomic mass is 16.2. The van der Waals surface area contributed by atoms with Crippen LogP contribution < -0.4 is 0 Å². The van der Waals surface area contributed by atoms with Crippen molar-refractivity contribution < 1.29 is 4.79 Å². The zero-order chi connectivity index (χ0) is 11.3. The maximum atomic E-state index is 11.2. The molecule has 1 saturated heterocycles. The van der Waals surface area contributed by atoms with Crippen molar-refractivity contribution in [2.75, 3.05) is 13.1 Å². The molecule has 2 nitrogen and oxygen atoms in total. The minimum Gasteiger partial charge on any atom is -0.343 e. The molecular weight excluding hydrogens is 186 g/mol. The lowest BCUT2D eigenvalue weighted by Gasteiger charge is -2.34. The molecule has 1 heterocycles. The van der Waals surface area contributed by atoms with E-state index in [2.05, 4.69) is 13.8 Å². The van der Waals surface area contributed by atoms with Crippen LogP contribution in [-0.2, 0) is 4.79 Å². The van der Waals surface area contributed by atoms with Crippen molar-refractivity contribution >= 4 is 5.91 Å². The van der Waals surface area contributed by atoms with E-state index in [1.165, 1.54) is 32.1 Å². The van der Waals surface area contributed by atoms with E-state index in [0.29, 0.717) is 0 Å². The van der Waals surface area contributed by atoms with E-state index < -0.39 is 0 Å². The van der Waals surface area contributed by atoms with Crippen LogP contribution in [0.5, 0.6) is 0 Å². The lowest BCUT2D eigenvalue weighted by molar-refractivity contribution is -0.130. The first kappa shape index (κ1) is 12.5. The summed E-state index contributed by atoms with van der Waals surface area (Å²) in [5.41, 5.74) is 0. The zero-order valence-corrected chi connectivity index (χ0v) is 10.5. The Balaban J connectivity index is 2.27. The summed E-state index contributed by atoms with van der Waals surface area (Å²) in [7, 11) is 0. The maximum Gasteiger partial charge on any atom is 0.219 e. The Bertz CT molecular complexity index is 195. The summed E-state index contributed by atoms with van der Waals surface area (Å²) in [6.07, 6.45) is 6.45. The van der Waals surface area contributed by atoms with Gasteiger partial charge >= 0.3 is 0 Å². The van der Waals surface area contributed by atoms with Crippen LogP contribution in [0.4, 0.5) is 0 Å². The van der Waals surface area contributed by atoms with Gasteiger partial charge in [0.1, 0.15) is 0 Å². The van der Waals surface area contributed by atoms with Crippen molar-refractivity contribution in [3.63, 3.8) is 0 Å². The fourth-order valence-electron chi connectivity index (χ4n) is 2.55. The van der Waals surface area contributed by atoms with E-state index in [1.54, 1.807) is 6.92 Å². The number of nitrogens with zero attached hydrogens (tertiary/aromatic N) is 1. The third-order valence-corrected chi connectivity index (χ3v) is 3.80. The third kappa shape index (κ3) is 3.84. The highest BCUT2D eigenvalue weighted by molar-refractivity contribution is 5.73. The van der Waals surface area contributed by atoms with Gasteiger partial charge in [0.15, 0.2) is 0 Å². The maximum absolute atomic E-state index is 11.2. The van der Waals surface area contributed by atoms with Crippen LogP contribution in [0.25, 0.3) is 0 Å². The molecule has 0 aromatic carbocycles. The van der Waals surface area contributed by atoms with Crippen LogP contribution in [0, 0.1) is 11.8 Å². The fourth-order valence-corrected chi connectivity index (χ4v) is 2.55. The summed E-state index contributed by atoms with van der Waals surface area (Å²) in [5.74, 6) is 1.95. The molecule has 0 N–H and O–H groups in total. The Morgan fingerprint density at radius 2 is 2.00 bits per heavy atom. The Morgan fingerprint density at radius 3 is 2.47 bits per heavy atom. The molecule has 2 heteroatoms. The van der Waals surface area contributed by atoms with Gasteiger partial charge in [0.2, 0.25) is 5.91 Å². The van der Waals surface area contributed by atoms with Crippen molar-refractivity contribution in [1.82, 2.24) is 4.90 Å². The van der Waals surface area contributed by atoms with Crippen molar-refractivity contribution in [3.05, 3.63) is 0 Å². The molecule has 0 aliphatic carbocycles. The number of unbranched alkanes of at least 4 members (excludes halogenated alkanes) is 1. The summed E-state index contributed by atoms with van der Waals surface area (Å²) in [6, 6.07) is 0. The minimum atomic E-state index is 0.245. The molecule has 1 unspecified atom stereocenters. The lowest BCUT2D eigenvalue weighted by atomic mass is 9.82. The smallest absolute Gasteiger partial charge is 0.219 e. The molecule has 1 amide bonds. The third-order valence-electron chi connectivity index (χ3n) is 3.80. The first-order valence-electron chi connectivity index (χ1n) is 6.40. The van der Waals surface area contributed by atoms with Crippen molar-refractivity contribution in [2.24, 2.45) is 11.8 Å². The molecule has 1 fully saturated rings. The van der Waals surface area contributed by atoms with Crippen LogP contribution in [0.15, 0.2) is 0 Å². The summed E-state index contributed by atoms with van der Waals surface area (Å²) < 4.78 is 0. The predicted molar refractivity (Wildman–Crippen MR) is 63.7 cm³/mol. The van der Waals surface area contributed by atoms with Crippen LogP contribution >= 0.6 is 0 Å². The molecule has 0 saturated carbocycles. The van der Waals surface area contributed by atoms with Gasteiger partial charge in [0.25, 0.3) is 0 Å². The van der Waals surface area contributed by atoms with Crippen molar-refractivity contribution in [2.45, 2.75) is 52.9 Å². The number of hydrogen-bond donors (Lipinski definition) is 0. The molecule has 1 rings (SSSR count). The normalized spacial score (nSPS) is 20.3. The van der Waals surface area contributed by atoms with Gasteiger partial charge in [0.05, 0.1) is 0 Å². The first-order valence-corrected chi connectivity index (χ1v) is 6.40. The van der Waals surface area contributed by atoms with E-state index in [4.69, 9.17) is 0 Å². The minimum absolute atomic E-state index is 0.245. The second-order valence-corrected chi connectivity index (χ2v) is 4.96. The number of amides is 1. The number of piperidine rings is 1. The average molecular weight is 211 g/mol. The van der Waals surface area contributed by atoms with E-state index in [1.807, 2.05) is 4.90 Å². The van der Waals surface area contributed by atoms with Crippen LogP contribution in [0.1, 0.15) is 52.9 Å². The van der Waals surface area contributed by atoms with Crippen molar-refractivity contribution in [1.29, 1.82) is 0 Å². The Hall–Kier alpha value is -0.530. The number of carbonyl (C=O) groups is 1. The van der Waals surface area contributed by atoms with Gasteiger partial charge in [-0.1, -0.05) is 33.1 Å². The second-order valence-electron chi connectivity index (χ2n) is 4.96. The van der Waals surface area contributed by atoms with E-state index in [-0.39, 0.29) is 5.91 Å². The SMILES string of the molecule is CCCCC(C)C1CCN(C(C)=O)CC1. The topological polar surface area (TPSA) is 20.3 Å². The van der Waals surface area contributed by atoms with Gasteiger partial charge in [-0.05, 0) is 24.7 Å². The Labute approximate surface area is 94.0 Å². The van der Waals surface area contributed by atoms with Gasteiger partial charge in [-0.3, -0.25) is 4.79 Å². The van der Waals surface area contributed by atoms with Gasteiger partial charge < -0.3 is 4.90 Å². The second kappa shape index (κ2) is 6.14. The summed E-state index contributed by atoms with van der Waals surface area (Å²) in [4.78, 5) is 13.2. The molecular formula is C13H25NO. The number of likely N-dealkylation sites (tertiary alicyclic amines) is 1. The highest BCUT2D eigenvalue weighted by Gasteiger charge is 2.24. The Morgan fingerprint density at radius 1 is 1.40 bits per heavy atom. The largest absolute Gasteiger partial charge is 0.343 e. The van der Waals surface area contributed by atoms with E-state index in [9.17, 15) is 4.79 Å². The number of hydrogen-bond acceptors (Lipinski definition) is 1. The van der Waals surface area contributed by atoms with Crippen LogP contribution in [0.3, 0.4) is 0 Å². The van der Waals surface area contributed by atoms with E-state index >= 15 is 0 Å². The summed E-state index contributed by atoms with van der Waals surface area (Å²) in [5, 5.41) is 0. The van der Waals surface area contributed by atoms with Crippen molar-refractivity contribution in [3.8, 4) is 0 Å². The monoisotopic (exact) mass is 211 g/mol. The highest BCUT2D eigenvalue weighted by Crippen LogP contribution is 2.28. The summed E-state index contributed by atoms with van der Waals surface area (Å²) in [6.45, 7) is 8.28. The molecule has 1 atom stereocenters. The molecule has 0 bridgehead atoms. The van der Waals surface area contributed by atoms with Crippen LogP contribution in [0.2, 0.25) is 0 Å².